The minimum atomic E-state index is -0.173. The van der Waals surface area contributed by atoms with Gasteiger partial charge in [0.2, 0.25) is 5.91 Å². The second-order valence-electron chi connectivity index (χ2n) is 4.80. The van der Waals surface area contributed by atoms with E-state index in [-0.39, 0.29) is 18.0 Å². The van der Waals surface area contributed by atoms with Crippen LogP contribution in [-0.4, -0.2) is 37.1 Å². The summed E-state index contributed by atoms with van der Waals surface area (Å²) in [5, 5.41) is 0.667. The van der Waals surface area contributed by atoms with Crippen LogP contribution >= 0.6 is 11.6 Å². The van der Waals surface area contributed by atoms with E-state index in [2.05, 4.69) is 0 Å². The highest BCUT2D eigenvalue weighted by Gasteiger charge is 2.38. The Kier molecular flexibility index (Phi) is 4.80. The molecule has 1 aromatic carbocycles. The number of nitrogens with two attached hydrogens (primary N) is 1. The SMILES string of the molecule is COCCCN1C(=O)CC(N)C1c1cccc(Cl)c1. The van der Waals surface area contributed by atoms with Crippen molar-refractivity contribution in [2.45, 2.75) is 24.9 Å². The largest absolute Gasteiger partial charge is 0.385 e. The van der Waals surface area contributed by atoms with Crippen LogP contribution in [0.3, 0.4) is 0 Å². The Hall–Kier alpha value is -1.10. The van der Waals surface area contributed by atoms with Crippen molar-refractivity contribution < 1.29 is 9.53 Å². The zero-order valence-corrected chi connectivity index (χ0v) is 11.8. The van der Waals surface area contributed by atoms with E-state index in [1.807, 2.05) is 29.2 Å². The van der Waals surface area contributed by atoms with Crippen LogP contribution < -0.4 is 5.73 Å². The number of rotatable bonds is 5. The second kappa shape index (κ2) is 6.37. The minimum absolute atomic E-state index is 0.0805. The van der Waals surface area contributed by atoms with Crippen LogP contribution in [-0.2, 0) is 9.53 Å². The first kappa shape index (κ1) is 14.3. The van der Waals surface area contributed by atoms with E-state index in [1.165, 1.54) is 0 Å². The molecule has 0 bridgehead atoms. The molecule has 5 heteroatoms. The quantitative estimate of drug-likeness (QED) is 0.840. The number of likely N-dealkylation sites (tertiary alicyclic amines) is 1. The summed E-state index contributed by atoms with van der Waals surface area (Å²) in [5.74, 6) is 0.105. The van der Waals surface area contributed by atoms with Crippen LogP contribution in [0.2, 0.25) is 5.02 Å². The van der Waals surface area contributed by atoms with Gasteiger partial charge in [-0.2, -0.15) is 0 Å². The Morgan fingerprint density at radius 3 is 3.00 bits per heavy atom. The number of ether oxygens (including phenoxy) is 1. The van der Waals surface area contributed by atoms with Crippen molar-refractivity contribution in [2.75, 3.05) is 20.3 Å². The fraction of sp³-hybridized carbons (Fsp3) is 0.500. The smallest absolute Gasteiger partial charge is 0.224 e. The van der Waals surface area contributed by atoms with Gasteiger partial charge in [-0.3, -0.25) is 4.79 Å². The number of carbonyl (C=O) groups is 1. The van der Waals surface area contributed by atoms with Gasteiger partial charge in [0.05, 0.1) is 6.04 Å². The monoisotopic (exact) mass is 282 g/mol. The first-order valence-electron chi connectivity index (χ1n) is 6.43. The highest BCUT2D eigenvalue weighted by molar-refractivity contribution is 6.30. The third kappa shape index (κ3) is 3.26. The molecule has 1 fully saturated rings. The van der Waals surface area contributed by atoms with Crippen molar-refractivity contribution in [3.8, 4) is 0 Å². The number of nitrogens with zero attached hydrogens (tertiary/aromatic N) is 1. The highest BCUT2D eigenvalue weighted by Crippen LogP contribution is 2.33. The Bertz CT molecular complexity index is 453. The standard InChI is InChI=1S/C14H19ClN2O2/c1-19-7-3-6-17-13(18)9-12(16)14(17)10-4-2-5-11(15)8-10/h2,4-5,8,12,14H,3,6-7,9,16H2,1H3. The maximum Gasteiger partial charge on any atom is 0.224 e. The minimum Gasteiger partial charge on any atom is -0.385 e. The number of hydrogen-bond acceptors (Lipinski definition) is 3. The Morgan fingerprint density at radius 2 is 2.32 bits per heavy atom. The van der Waals surface area contributed by atoms with Gasteiger partial charge in [0, 0.05) is 37.7 Å². The van der Waals surface area contributed by atoms with Crippen molar-refractivity contribution in [2.24, 2.45) is 5.73 Å². The van der Waals surface area contributed by atoms with Crippen molar-refractivity contribution in [1.82, 2.24) is 4.90 Å². The summed E-state index contributed by atoms with van der Waals surface area (Å²) in [6, 6.07) is 7.31. The van der Waals surface area contributed by atoms with Crippen LogP contribution in [0.15, 0.2) is 24.3 Å². The molecule has 1 heterocycles. The summed E-state index contributed by atoms with van der Waals surface area (Å²) in [5.41, 5.74) is 7.11. The molecule has 0 saturated carbocycles. The van der Waals surface area contributed by atoms with Crippen LogP contribution in [0.1, 0.15) is 24.4 Å². The summed E-state index contributed by atoms with van der Waals surface area (Å²) in [7, 11) is 1.66. The summed E-state index contributed by atoms with van der Waals surface area (Å²) >= 11 is 6.02. The van der Waals surface area contributed by atoms with Crippen LogP contribution in [0.4, 0.5) is 0 Å². The molecule has 2 unspecified atom stereocenters. The van der Waals surface area contributed by atoms with Crippen molar-refractivity contribution in [3.63, 3.8) is 0 Å². The molecular formula is C14H19ClN2O2. The maximum absolute atomic E-state index is 12.0. The molecule has 1 amide bonds. The van der Waals surface area contributed by atoms with E-state index in [4.69, 9.17) is 22.1 Å². The van der Waals surface area contributed by atoms with Gasteiger partial charge >= 0.3 is 0 Å². The van der Waals surface area contributed by atoms with E-state index < -0.39 is 0 Å². The first-order valence-corrected chi connectivity index (χ1v) is 6.80. The van der Waals surface area contributed by atoms with Crippen LogP contribution in [0.5, 0.6) is 0 Å². The molecule has 0 aromatic heterocycles. The molecule has 1 aliphatic heterocycles. The number of benzene rings is 1. The summed E-state index contributed by atoms with van der Waals surface area (Å²) < 4.78 is 5.03. The molecule has 0 radical (unpaired) electrons. The number of amides is 1. The number of hydrogen-bond donors (Lipinski definition) is 1. The van der Waals surface area contributed by atoms with E-state index in [0.29, 0.717) is 24.6 Å². The lowest BCUT2D eigenvalue weighted by molar-refractivity contribution is -0.129. The molecule has 0 aliphatic carbocycles. The molecule has 19 heavy (non-hydrogen) atoms. The number of methoxy groups -OCH3 is 1. The van der Waals surface area contributed by atoms with Gasteiger partial charge in [0.15, 0.2) is 0 Å². The van der Waals surface area contributed by atoms with Gasteiger partial charge in [-0.1, -0.05) is 23.7 Å². The average Bonchev–Trinajstić information content (AvgIpc) is 2.64. The lowest BCUT2D eigenvalue weighted by atomic mass is 10.0. The third-order valence-corrected chi connectivity index (χ3v) is 3.64. The average molecular weight is 283 g/mol. The molecule has 1 aromatic rings. The molecule has 1 saturated heterocycles. The van der Waals surface area contributed by atoms with E-state index in [9.17, 15) is 4.79 Å². The number of carbonyl (C=O) groups excluding carboxylic acids is 1. The van der Waals surface area contributed by atoms with E-state index in [1.54, 1.807) is 7.11 Å². The molecule has 2 atom stereocenters. The first-order chi connectivity index (χ1) is 9.13. The molecule has 104 valence electrons. The van der Waals surface area contributed by atoms with Gasteiger partial charge in [0.25, 0.3) is 0 Å². The van der Waals surface area contributed by atoms with Gasteiger partial charge < -0.3 is 15.4 Å². The van der Waals surface area contributed by atoms with Gasteiger partial charge in [0.1, 0.15) is 0 Å². The maximum atomic E-state index is 12.0. The zero-order valence-electron chi connectivity index (χ0n) is 11.0. The summed E-state index contributed by atoms with van der Waals surface area (Å²) in [6.45, 7) is 1.30. The molecule has 0 spiro atoms. The molecular weight excluding hydrogens is 264 g/mol. The normalized spacial score (nSPS) is 23.1. The second-order valence-corrected chi connectivity index (χ2v) is 5.24. The van der Waals surface area contributed by atoms with E-state index >= 15 is 0 Å². The Balaban J connectivity index is 2.17. The van der Waals surface area contributed by atoms with Crippen molar-refractivity contribution in [3.05, 3.63) is 34.9 Å². The van der Waals surface area contributed by atoms with Crippen LogP contribution in [0.25, 0.3) is 0 Å². The zero-order chi connectivity index (χ0) is 13.8. The summed E-state index contributed by atoms with van der Waals surface area (Å²) in [4.78, 5) is 13.9. The van der Waals surface area contributed by atoms with Gasteiger partial charge in [-0.25, -0.2) is 0 Å². The molecule has 2 N–H and O–H groups in total. The van der Waals surface area contributed by atoms with Gasteiger partial charge in [-0.15, -0.1) is 0 Å². The fourth-order valence-electron chi connectivity index (χ4n) is 2.58. The summed E-state index contributed by atoms with van der Waals surface area (Å²) in [6.07, 6.45) is 1.20. The lowest BCUT2D eigenvalue weighted by Crippen LogP contribution is -2.34. The molecule has 2 rings (SSSR count). The highest BCUT2D eigenvalue weighted by atomic mass is 35.5. The number of halogens is 1. The third-order valence-electron chi connectivity index (χ3n) is 3.41. The van der Waals surface area contributed by atoms with Crippen LogP contribution in [0, 0.1) is 0 Å². The lowest BCUT2D eigenvalue weighted by Gasteiger charge is -2.27. The predicted octanol–water partition coefficient (Wildman–Crippen LogP) is 1.98. The molecule has 4 nitrogen and oxygen atoms in total. The van der Waals surface area contributed by atoms with Crippen molar-refractivity contribution >= 4 is 17.5 Å². The molecule has 1 aliphatic rings. The van der Waals surface area contributed by atoms with E-state index in [0.717, 1.165) is 12.0 Å². The Labute approximate surface area is 118 Å². The van der Waals surface area contributed by atoms with Crippen molar-refractivity contribution in [1.29, 1.82) is 0 Å². The Morgan fingerprint density at radius 1 is 1.53 bits per heavy atom. The topological polar surface area (TPSA) is 55.6 Å². The predicted molar refractivity (Wildman–Crippen MR) is 75.0 cm³/mol. The fourth-order valence-corrected chi connectivity index (χ4v) is 2.78. The van der Waals surface area contributed by atoms with Gasteiger partial charge in [-0.05, 0) is 24.1 Å².